The monoisotopic (exact) mass is 357 g/mol. The molecule has 0 bridgehead atoms. The molecule has 1 aliphatic carbocycles. The number of hydrogen-bond acceptors (Lipinski definition) is 4. The largest absolute Gasteiger partial charge is 0.465 e. The Kier molecular flexibility index (Phi) is 5.52. The first-order valence-electron chi connectivity index (χ1n) is 6.87. The molecule has 1 unspecified atom stereocenters. The Morgan fingerprint density at radius 3 is 2.90 bits per heavy atom. The fourth-order valence-electron chi connectivity index (χ4n) is 1.91. The van der Waals surface area contributed by atoms with Crippen LogP contribution in [0.4, 0.5) is 0 Å². The zero-order valence-electron chi connectivity index (χ0n) is 11.8. The van der Waals surface area contributed by atoms with E-state index in [2.05, 4.69) is 33.4 Å². The maximum absolute atomic E-state index is 12.2. The van der Waals surface area contributed by atoms with Gasteiger partial charge in [0.15, 0.2) is 0 Å². The highest BCUT2D eigenvalue weighted by molar-refractivity contribution is 9.10. The van der Waals surface area contributed by atoms with Crippen molar-refractivity contribution in [2.45, 2.75) is 43.2 Å². The predicted molar refractivity (Wildman–Crippen MR) is 86.1 cm³/mol. The van der Waals surface area contributed by atoms with E-state index in [1.807, 2.05) is 26.0 Å². The summed E-state index contributed by atoms with van der Waals surface area (Å²) < 4.78 is 6.28. The molecule has 0 radical (unpaired) electrons. The molecular formula is C15H20BrNO2S. The Morgan fingerprint density at radius 1 is 1.55 bits per heavy atom. The van der Waals surface area contributed by atoms with Crippen LogP contribution in [-0.4, -0.2) is 29.9 Å². The van der Waals surface area contributed by atoms with Gasteiger partial charge in [-0.3, -0.25) is 10.1 Å². The van der Waals surface area contributed by atoms with Crippen LogP contribution < -0.4 is 5.32 Å². The summed E-state index contributed by atoms with van der Waals surface area (Å²) in [6.07, 6.45) is 2.30. The molecule has 0 amide bonds. The van der Waals surface area contributed by atoms with Gasteiger partial charge in [0.25, 0.3) is 0 Å². The molecule has 0 heterocycles. The molecule has 1 aliphatic rings. The summed E-state index contributed by atoms with van der Waals surface area (Å²) in [4.78, 5) is 13.4. The van der Waals surface area contributed by atoms with E-state index in [1.54, 1.807) is 11.8 Å². The fraction of sp³-hybridized carbons (Fsp3) is 0.533. The third-order valence-electron chi connectivity index (χ3n) is 3.15. The summed E-state index contributed by atoms with van der Waals surface area (Å²) in [6.45, 7) is 4.20. The minimum absolute atomic E-state index is 0.158. The van der Waals surface area contributed by atoms with E-state index in [9.17, 15) is 4.79 Å². The van der Waals surface area contributed by atoms with Gasteiger partial charge in [0.1, 0.15) is 5.54 Å². The normalized spacial score (nSPS) is 17.6. The molecule has 1 aromatic carbocycles. The van der Waals surface area contributed by atoms with Crippen molar-refractivity contribution in [1.82, 2.24) is 5.32 Å². The number of ether oxygens (including phenoxy) is 1. The lowest BCUT2D eigenvalue weighted by Gasteiger charge is -2.28. The van der Waals surface area contributed by atoms with Crippen molar-refractivity contribution in [3.05, 3.63) is 28.7 Å². The van der Waals surface area contributed by atoms with Crippen LogP contribution in [0.2, 0.25) is 0 Å². The van der Waals surface area contributed by atoms with Crippen molar-refractivity contribution in [3.8, 4) is 0 Å². The summed E-state index contributed by atoms with van der Waals surface area (Å²) in [7, 11) is 0. The average molecular weight is 358 g/mol. The van der Waals surface area contributed by atoms with Crippen LogP contribution in [0.25, 0.3) is 0 Å². The second-order valence-electron chi connectivity index (χ2n) is 5.22. The molecule has 1 aromatic rings. The number of esters is 1. The Hall–Kier alpha value is -0.520. The van der Waals surface area contributed by atoms with Gasteiger partial charge in [-0.25, -0.2) is 0 Å². The first-order chi connectivity index (χ1) is 9.53. The van der Waals surface area contributed by atoms with Crippen molar-refractivity contribution < 1.29 is 9.53 Å². The lowest BCUT2D eigenvalue weighted by molar-refractivity contribution is -0.149. The van der Waals surface area contributed by atoms with Crippen molar-refractivity contribution in [3.63, 3.8) is 0 Å². The minimum Gasteiger partial charge on any atom is -0.465 e. The van der Waals surface area contributed by atoms with Crippen molar-refractivity contribution >= 4 is 33.7 Å². The maximum Gasteiger partial charge on any atom is 0.326 e. The van der Waals surface area contributed by atoms with E-state index >= 15 is 0 Å². The number of hydrogen-bond donors (Lipinski definition) is 1. The summed E-state index contributed by atoms with van der Waals surface area (Å²) in [5, 5.41) is 3.43. The van der Waals surface area contributed by atoms with E-state index < -0.39 is 5.54 Å². The number of benzene rings is 1. The molecule has 1 atom stereocenters. The minimum atomic E-state index is -0.621. The van der Waals surface area contributed by atoms with Crippen LogP contribution in [0.1, 0.15) is 26.7 Å². The van der Waals surface area contributed by atoms with Crippen LogP contribution >= 0.6 is 27.7 Å². The summed E-state index contributed by atoms with van der Waals surface area (Å²) in [5.41, 5.74) is -0.621. The molecule has 3 nitrogen and oxygen atoms in total. The summed E-state index contributed by atoms with van der Waals surface area (Å²) >= 11 is 5.14. The van der Waals surface area contributed by atoms with E-state index in [-0.39, 0.29) is 5.97 Å². The topological polar surface area (TPSA) is 38.3 Å². The van der Waals surface area contributed by atoms with Gasteiger partial charge in [-0.15, -0.1) is 11.8 Å². The van der Waals surface area contributed by atoms with Gasteiger partial charge in [0, 0.05) is 21.2 Å². The molecule has 0 aromatic heterocycles. The highest BCUT2D eigenvalue weighted by Gasteiger charge is 2.39. The molecule has 2 rings (SSSR count). The van der Waals surface area contributed by atoms with Crippen molar-refractivity contribution in [2.75, 3.05) is 12.4 Å². The van der Waals surface area contributed by atoms with Crippen molar-refractivity contribution in [1.29, 1.82) is 0 Å². The van der Waals surface area contributed by atoms with E-state index in [0.29, 0.717) is 18.4 Å². The third-order valence-corrected chi connectivity index (χ3v) is 4.95. The number of carbonyl (C=O) groups excluding carboxylic acids is 1. The number of carbonyl (C=O) groups is 1. The zero-order valence-corrected chi connectivity index (χ0v) is 14.2. The van der Waals surface area contributed by atoms with Gasteiger partial charge in [-0.05, 0) is 44.9 Å². The van der Waals surface area contributed by atoms with Crippen LogP contribution in [0.15, 0.2) is 33.6 Å². The lowest BCUT2D eigenvalue weighted by atomic mass is 10.1. The molecule has 0 aliphatic heterocycles. The number of thioether (sulfide) groups is 1. The Bertz CT molecular complexity index is 479. The molecule has 1 saturated carbocycles. The van der Waals surface area contributed by atoms with Crippen LogP contribution in [0, 0.1) is 0 Å². The highest BCUT2D eigenvalue weighted by atomic mass is 79.9. The molecule has 0 saturated heterocycles. The standard InChI is InChI=1S/C15H20BrNO2S/c1-3-19-14(18)15(2,17-12-7-8-12)10-20-13-6-4-5-11(16)9-13/h4-6,9,12,17H,3,7-8,10H2,1-2H3. The van der Waals surface area contributed by atoms with Gasteiger partial charge in [-0.2, -0.15) is 0 Å². The maximum atomic E-state index is 12.2. The SMILES string of the molecule is CCOC(=O)C(C)(CSc1cccc(Br)c1)NC1CC1. The number of halogens is 1. The Labute approximate surface area is 133 Å². The molecule has 0 spiro atoms. The molecule has 110 valence electrons. The highest BCUT2D eigenvalue weighted by Crippen LogP contribution is 2.29. The second-order valence-corrected chi connectivity index (χ2v) is 7.18. The van der Waals surface area contributed by atoms with Crippen molar-refractivity contribution in [2.24, 2.45) is 0 Å². The summed E-state index contributed by atoms with van der Waals surface area (Å²) in [6, 6.07) is 8.58. The Morgan fingerprint density at radius 2 is 2.30 bits per heavy atom. The zero-order chi connectivity index (χ0) is 14.6. The Balaban J connectivity index is 2.01. The molecular weight excluding hydrogens is 338 g/mol. The number of rotatable bonds is 7. The van der Waals surface area contributed by atoms with Gasteiger partial charge in [-0.1, -0.05) is 22.0 Å². The molecule has 20 heavy (non-hydrogen) atoms. The molecule has 1 fully saturated rings. The van der Waals surface area contributed by atoms with E-state index in [0.717, 1.165) is 22.2 Å². The molecule has 5 heteroatoms. The van der Waals surface area contributed by atoms with Crippen LogP contribution in [0.3, 0.4) is 0 Å². The summed E-state index contributed by atoms with van der Waals surface area (Å²) in [5.74, 6) is 0.507. The molecule has 1 N–H and O–H groups in total. The average Bonchev–Trinajstić information content (AvgIpc) is 3.21. The van der Waals surface area contributed by atoms with Gasteiger partial charge in [0.2, 0.25) is 0 Å². The second kappa shape index (κ2) is 6.96. The van der Waals surface area contributed by atoms with Crippen LogP contribution in [-0.2, 0) is 9.53 Å². The third kappa shape index (κ3) is 4.50. The van der Waals surface area contributed by atoms with E-state index in [4.69, 9.17) is 4.74 Å². The van der Waals surface area contributed by atoms with E-state index in [1.165, 1.54) is 0 Å². The fourth-order valence-corrected chi connectivity index (χ4v) is 3.50. The first-order valence-corrected chi connectivity index (χ1v) is 8.64. The predicted octanol–water partition coefficient (Wildman–Crippen LogP) is 3.62. The first kappa shape index (κ1) is 15.9. The smallest absolute Gasteiger partial charge is 0.326 e. The van der Waals surface area contributed by atoms with Gasteiger partial charge < -0.3 is 4.74 Å². The van der Waals surface area contributed by atoms with Gasteiger partial charge >= 0.3 is 5.97 Å². The lowest BCUT2D eigenvalue weighted by Crippen LogP contribution is -2.53. The van der Waals surface area contributed by atoms with Crippen LogP contribution in [0.5, 0.6) is 0 Å². The quantitative estimate of drug-likeness (QED) is 0.597. The number of nitrogens with one attached hydrogen (secondary N) is 1. The van der Waals surface area contributed by atoms with Gasteiger partial charge in [0.05, 0.1) is 6.61 Å².